The number of carbonyl (C=O) groups excluding carboxylic acids is 1. The van der Waals surface area contributed by atoms with Gasteiger partial charge in [-0.15, -0.1) is 0 Å². The predicted octanol–water partition coefficient (Wildman–Crippen LogP) is 4.11. The van der Waals surface area contributed by atoms with Gasteiger partial charge in [-0.3, -0.25) is 9.52 Å². The number of hydrogen-bond acceptors (Lipinski definition) is 3. The number of nitrogens with one attached hydrogen (secondary N) is 2. The summed E-state index contributed by atoms with van der Waals surface area (Å²) in [4.78, 5) is 12.5. The van der Waals surface area contributed by atoms with Crippen LogP contribution in [0.15, 0.2) is 83.8 Å². The number of amides is 1. The van der Waals surface area contributed by atoms with E-state index < -0.39 is 10.0 Å². The summed E-state index contributed by atoms with van der Waals surface area (Å²) in [5, 5.41) is 2.94. The lowest BCUT2D eigenvalue weighted by Gasteiger charge is -2.13. The molecule has 0 aliphatic heterocycles. The van der Waals surface area contributed by atoms with Crippen LogP contribution in [0.4, 0.5) is 5.69 Å². The second kappa shape index (κ2) is 8.91. The van der Waals surface area contributed by atoms with E-state index >= 15 is 0 Å². The molecule has 0 saturated carbocycles. The van der Waals surface area contributed by atoms with E-state index in [1.807, 2.05) is 30.3 Å². The van der Waals surface area contributed by atoms with Gasteiger partial charge in [-0.25, -0.2) is 8.42 Å². The Hall–Kier alpha value is -2.83. The van der Waals surface area contributed by atoms with Crippen LogP contribution >= 0.6 is 11.6 Å². The van der Waals surface area contributed by atoms with Crippen LogP contribution in [-0.4, -0.2) is 20.9 Å². The van der Waals surface area contributed by atoms with Gasteiger partial charge in [-0.2, -0.15) is 0 Å². The van der Waals surface area contributed by atoms with Crippen molar-refractivity contribution in [1.82, 2.24) is 5.32 Å². The van der Waals surface area contributed by atoms with E-state index in [9.17, 15) is 13.2 Å². The van der Waals surface area contributed by atoms with Gasteiger partial charge in [0, 0.05) is 6.54 Å². The minimum Gasteiger partial charge on any atom is -0.352 e. The normalized spacial score (nSPS) is 11.0. The summed E-state index contributed by atoms with van der Waals surface area (Å²) >= 11 is 6.01. The fraction of sp³-hybridized carbons (Fsp3) is 0.0952. The zero-order valence-corrected chi connectivity index (χ0v) is 16.5. The molecule has 144 valence electrons. The van der Waals surface area contributed by atoms with Crippen molar-refractivity contribution in [2.45, 2.75) is 11.3 Å². The fourth-order valence-electron chi connectivity index (χ4n) is 2.69. The molecule has 0 radical (unpaired) electrons. The minimum absolute atomic E-state index is 0.0454. The smallest absolute Gasteiger partial charge is 0.263 e. The van der Waals surface area contributed by atoms with Gasteiger partial charge in [0.2, 0.25) is 0 Å². The Bertz CT molecular complexity index is 1070. The molecule has 0 heterocycles. The van der Waals surface area contributed by atoms with Gasteiger partial charge >= 0.3 is 0 Å². The molecule has 0 aliphatic rings. The van der Waals surface area contributed by atoms with E-state index in [1.54, 1.807) is 36.4 Å². The van der Waals surface area contributed by atoms with Gasteiger partial charge in [0.25, 0.3) is 15.9 Å². The Kier molecular flexibility index (Phi) is 6.34. The van der Waals surface area contributed by atoms with Crippen molar-refractivity contribution in [1.29, 1.82) is 0 Å². The average molecular weight is 415 g/mol. The Labute approximate surface area is 169 Å². The molecule has 7 heteroatoms. The maximum atomic E-state index is 12.7. The molecule has 3 rings (SSSR count). The van der Waals surface area contributed by atoms with Crippen molar-refractivity contribution in [3.05, 3.63) is 95.0 Å². The number of hydrogen-bond donors (Lipinski definition) is 2. The summed E-state index contributed by atoms with van der Waals surface area (Å²) in [6.45, 7) is 0.439. The first-order chi connectivity index (χ1) is 13.5. The van der Waals surface area contributed by atoms with Crippen molar-refractivity contribution in [3.63, 3.8) is 0 Å². The highest BCUT2D eigenvalue weighted by Crippen LogP contribution is 2.25. The molecule has 0 atom stereocenters. The quantitative estimate of drug-likeness (QED) is 0.610. The molecule has 0 spiro atoms. The van der Waals surface area contributed by atoms with Crippen LogP contribution in [0.2, 0.25) is 5.02 Å². The first-order valence-electron chi connectivity index (χ1n) is 8.66. The number of rotatable bonds is 7. The number of benzene rings is 3. The molecule has 0 aliphatic carbocycles. The highest BCUT2D eigenvalue weighted by molar-refractivity contribution is 7.92. The summed E-state index contributed by atoms with van der Waals surface area (Å²) in [5.41, 5.74) is 1.54. The number of anilines is 1. The number of halogens is 1. The molecule has 0 aromatic heterocycles. The third kappa shape index (κ3) is 4.91. The second-order valence-corrected chi connectivity index (χ2v) is 8.13. The molecule has 0 unspecified atom stereocenters. The van der Waals surface area contributed by atoms with E-state index in [2.05, 4.69) is 10.0 Å². The molecule has 28 heavy (non-hydrogen) atoms. The van der Waals surface area contributed by atoms with Crippen molar-refractivity contribution in [2.75, 3.05) is 11.3 Å². The third-order valence-corrected chi connectivity index (χ3v) is 5.95. The van der Waals surface area contributed by atoms with Crippen LogP contribution in [0.5, 0.6) is 0 Å². The zero-order valence-electron chi connectivity index (χ0n) is 14.9. The summed E-state index contributed by atoms with van der Waals surface area (Å²) in [5.74, 6) is -0.353. The highest BCUT2D eigenvalue weighted by Gasteiger charge is 2.20. The lowest BCUT2D eigenvalue weighted by molar-refractivity contribution is 0.0955. The van der Waals surface area contributed by atoms with Crippen molar-refractivity contribution < 1.29 is 13.2 Å². The van der Waals surface area contributed by atoms with E-state index in [4.69, 9.17) is 11.6 Å². The topological polar surface area (TPSA) is 75.3 Å². The van der Waals surface area contributed by atoms with Crippen LogP contribution < -0.4 is 10.0 Å². The molecule has 0 bridgehead atoms. The molecular weight excluding hydrogens is 396 g/mol. The first-order valence-corrected chi connectivity index (χ1v) is 10.5. The Morgan fingerprint density at radius 2 is 1.50 bits per heavy atom. The van der Waals surface area contributed by atoms with Gasteiger partial charge in [0.15, 0.2) is 0 Å². The summed E-state index contributed by atoms with van der Waals surface area (Å²) in [7, 11) is -3.93. The van der Waals surface area contributed by atoms with Crippen LogP contribution in [0.25, 0.3) is 0 Å². The molecule has 3 aromatic carbocycles. The van der Waals surface area contributed by atoms with Crippen molar-refractivity contribution in [3.8, 4) is 0 Å². The Morgan fingerprint density at radius 1 is 0.857 bits per heavy atom. The van der Waals surface area contributed by atoms with Crippen molar-refractivity contribution >= 4 is 33.2 Å². The molecule has 0 saturated heterocycles. The average Bonchev–Trinajstić information content (AvgIpc) is 2.69. The molecule has 1 amide bonds. The minimum atomic E-state index is -3.93. The van der Waals surface area contributed by atoms with Crippen LogP contribution in [-0.2, 0) is 16.4 Å². The summed E-state index contributed by atoms with van der Waals surface area (Å²) in [6, 6.07) is 22.4. The predicted molar refractivity (Wildman–Crippen MR) is 111 cm³/mol. The maximum Gasteiger partial charge on any atom is 0.263 e. The highest BCUT2D eigenvalue weighted by atomic mass is 35.5. The van der Waals surface area contributed by atoms with Gasteiger partial charge in [-0.1, -0.05) is 66.2 Å². The van der Waals surface area contributed by atoms with Gasteiger partial charge in [0.05, 0.1) is 16.3 Å². The monoisotopic (exact) mass is 414 g/mol. The molecule has 0 fully saturated rings. The lowest BCUT2D eigenvalue weighted by atomic mass is 10.1. The second-order valence-electron chi connectivity index (χ2n) is 6.07. The van der Waals surface area contributed by atoms with Gasteiger partial charge in [-0.05, 0) is 36.2 Å². The van der Waals surface area contributed by atoms with E-state index in [0.717, 1.165) is 5.56 Å². The first kappa shape index (κ1) is 19.9. The number of carbonyl (C=O) groups is 1. The number of sulfonamides is 1. The Balaban J connectivity index is 1.74. The van der Waals surface area contributed by atoms with E-state index in [0.29, 0.717) is 13.0 Å². The van der Waals surface area contributed by atoms with Crippen molar-refractivity contribution in [2.24, 2.45) is 0 Å². The lowest BCUT2D eigenvalue weighted by Crippen LogP contribution is -2.27. The summed E-state index contributed by atoms with van der Waals surface area (Å²) < 4.78 is 27.8. The largest absolute Gasteiger partial charge is 0.352 e. The van der Waals surface area contributed by atoms with Gasteiger partial charge < -0.3 is 5.32 Å². The molecule has 5 nitrogen and oxygen atoms in total. The third-order valence-electron chi connectivity index (χ3n) is 4.08. The fourth-order valence-corrected chi connectivity index (χ4v) is 4.29. The Morgan fingerprint density at radius 3 is 2.25 bits per heavy atom. The molecule has 2 N–H and O–H groups in total. The van der Waals surface area contributed by atoms with E-state index in [1.165, 1.54) is 12.1 Å². The molecular formula is C21H19ClN2O3S. The maximum absolute atomic E-state index is 12.7. The standard InChI is InChI=1S/C21H19ClN2O3S/c22-18-11-5-7-13-20(18)28(26,27)24-19-12-6-4-10-17(19)21(25)23-15-14-16-8-2-1-3-9-16/h1-13,24H,14-15H2,(H,23,25). The summed E-state index contributed by atoms with van der Waals surface area (Å²) in [6.07, 6.45) is 0.681. The van der Waals surface area contributed by atoms with Crippen LogP contribution in [0.3, 0.4) is 0 Å². The van der Waals surface area contributed by atoms with Crippen LogP contribution in [0.1, 0.15) is 15.9 Å². The van der Waals surface area contributed by atoms with E-state index in [-0.39, 0.29) is 27.1 Å². The molecule has 3 aromatic rings. The SMILES string of the molecule is O=C(NCCc1ccccc1)c1ccccc1NS(=O)(=O)c1ccccc1Cl. The van der Waals surface area contributed by atoms with Gasteiger partial charge in [0.1, 0.15) is 4.90 Å². The zero-order chi connectivity index (χ0) is 20.0. The van der Waals surface area contributed by atoms with Crippen LogP contribution in [0, 0.1) is 0 Å². The number of para-hydroxylation sites is 1.